The molecule has 1 rings (SSSR count). The molecule has 0 heterocycles. The van der Waals surface area contributed by atoms with Crippen LogP contribution in [0.4, 0.5) is 0 Å². The second kappa shape index (κ2) is 8.11. The molecular formula is C14H21NO5S. The van der Waals surface area contributed by atoms with Gasteiger partial charge in [0.1, 0.15) is 0 Å². The van der Waals surface area contributed by atoms with Crippen LogP contribution in [0.5, 0.6) is 0 Å². The predicted molar refractivity (Wildman–Crippen MR) is 79.1 cm³/mol. The van der Waals surface area contributed by atoms with E-state index in [1.165, 1.54) is 12.1 Å². The molecule has 6 nitrogen and oxygen atoms in total. The van der Waals surface area contributed by atoms with Crippen LogP contribution in [0.1, 0.15) is 35.7 Å². The maximum atomic E-state index is 12.2. The number of aromatic carboxylic acids is 1. The van der Waals surface area contributed by atoms with Gasteiger partial charge in [0.15, 0.2) is 0 Å². The molecule has 0 radical (unpaired) electrons. The Labute approximate surface area is 125 Å². The van der Waals surface area contributed by atoms with Crippen molar-refractivity contribution in [1.29, 1.82) is 0 Å². The van der Waals surface area contributed by atoms with Crippen LogP contribution in [0.25, 0.3) is 0 Å². The first-order valence-electron chi connectivity index (χ1n) is 6.80. The lowest BCUT2D eigenvalue weighted by molar-refractivity contribution is 0.0696. The number of hydrogen-bond acceptors (Lipinski definition) is 4. The van der Waals surface area contributed by atoms with Crippen molar-refractivity contribution < 1.29 is 23.1 Å². The van der Waals surface area contributed by atoms with Crippen LogP contribution in [0.2, 0.25) is 0 Å². The summed E-state index contributed by atoms with van der Waals surface area (Å²) in [6.07, 6.45) is 1.96. The highest BCUT2D eigenvalue weighted by Gasteiger charge is 2.18. The van der Waals surface area contributed by atoms with Gasteiger partial charge in [-0.25, -0.2) is 17.9 Å². The van der Waals surface area contributed by atoms with Gasteiger partial charge in [-0.3, -0.25) is 0 Å². The number of rotatable bonds is 9. The van der Waals surface area contributed by atoms with Gasteiger partial charge in [-0.05, 0) is 31.0 Å². The van der Waals surface area contributed by atoms with Gasteiger partial charge in [0.2, 0.25) is 10.0 Å². The Morgan fingerprint density at radius 1 is 1.33 bits per heavy atom. The van der Waals surface area contributed by atoms with Gasteiger partial charge in [-0.1, -0.05) is 19.4 Å². The molecule has 1 aromatic carbocycles. The summed E-state index contributed by atoms with van der Waals surface area (Å²) in [6.45, 7) is 4.72. The van der Waals surface area contributed by atoms with Crippen molar-refractivity contribution in [2.24, 2.45) is 0 Å². The number of benzene rings is 1. The Morgan fingerprint density at radius 2 is 2.05 bits per heavy atom. The van der Waals surface area contributed by atoms with Crippen LogP contribution in [0.3, 0.4) is 0 Å². The van der Waals surface area contributed by atoms with E-state index in [9.17, 15) is 13.2 Å². The molecule has 0 bridgehead atoms. The third-order valence-corrected chi connectivity index (χ3v) is 4.51. The minimum atomic E-state index is -3.73. The summed E-state index contributed by atoms with van der Waals surface area (Å²) in [6, 6.07) is 4.03. The van der Waals surface area contributed by atoms with Crippen molar-refractivity contribution in [3.8, 4) is 0 Å². The molecule has 0 fully saturated rings. The van der Waals surface area contributed by atoms with Crippen molar-refractivity contribution in [3.63, 3.8) is 0 Å². The van der Waals surface area contributed by atoms with Crippen molar-refractivity contribution in [3.05, 3.63) is 29.3 Å². The molecule has 7 heteroatoms. The molecule has 21 heavy (non-hydrogen) atoms. The van der Waals surface area contributed by atoms with Crippen LogP contribution in [0.15, 0.2) is 23.1 Å². The number of nitrogens with one attached hydrogen (secondary N) is 1. The highest BCUT2D eigenvalue weighted by atomic mass is 32.2. The topological polar surface area (TPSA) is 92.7 Å². The van der Waals surface area contributed by atoms with Crippen LogP contribution in [0, 0.1) is 6.92 Å². The molecule has 2 N–H and O–H groups in total. The number of hydrogen-bond donors (Lipinski definition) is 2. The van der Waals surface area contributed by atoms with E-state index in [0.717, 1.165) is 18.9 Å². The van der Waals surface area contributed by atoms with Gasteiger partial charge in [0.05, 0.1) is 17.1 Å². The van der Waals surface area contributed by atoms with Crippen LogP contribution in [-0.4, -0.2) is 39.3 Å². The lowest BCUT2D eigenvalue weighted by Crippen LogP contribution is -2.28. The average molecular weight is 315 g/mol. The third-order valence-electron chi connectivity index (χ3n) is 2.91. The maximum Gasteiger partial charge on any atom is 0.335 e. The fraction of sp³-hybridized carbons (Fsp3) is 0.500. The molecule has 0 atom stereocenters. The lowest BCUT2D eigenvalue weighted by Gasteiger charge is -2.10. The molecule has 118 valence electrons. The Bertz CT molecular complexity index is 583. The molecule has 0 amide bonds. The number of unbranched alkanes of at least 4 members (excludes halogenated alkanes) is 1. The molecule has 0 aliphatic rings. The number of carboxylic acid groups (broad SMARTS) is 1. The highest BCUT2D eigenvalue weighted by Crippen LogP contribution is 2.17. The predicted octanol–water partition coefficient (Wildman–Crippen LogP) is 1.79. The summed E-state index contributed by atoms with van der Waals surface area (Å²) in [5, 5.41) is 8.93. The Balaban J connectivity index is 2.70. The molecule has 0 aliphatic carbocycles. The van der Waals surface area contributed by atoms with Crippen molar-refractivity contribution in [2.75, 3.05) is 19.8 Å². The number of aryl methyl sites for hydroxylation is 1. The summed E-state index contributed by atoms with van der Waals surface area (Å²) in [4.78, 5) is 10.9. The molecule has 0 aromatic heterocycles. The number of carboxylic acids is 1. The monoisotopic (exact) mass is 315 g/mol. The minimum Gasteiger partial charge on any atom is -0.478 e. The molecule has 1 aromatic rings. The zero-order chi connectivity index (χ0) is 15.9. The van der Waals surface area contributed by atoms with E-state index in [4.69, 9.17) is 9.84 Å². The van der Waals surface area contributed by atoms with E-state index in [-0.39, 0.29) is 23.6 Å². The minimum absolute atomic E-state index is 0.0176. The summed E-state index contributed by atoms with van der Waals surface area (Å²) in [7, 11) is -3.73. The zero-order valence-corrected chi connectivity index (χ0v) is 13.1. The van der Waals surface area contributed by atoms with Crippen molar-refractivity contribution in [2.45, 2.75) is 31.6 Å². The molecule has 0 saturated heterocycles. The fourth-order valence-electron chi connectivity index (χ4n) is 1.70. The van der Waals surface area contributed by atoms with Gasteiger partial charge < -0.3 is 9.84 Å². The average Bonchev–Trinajstić information content (AvgIpc) is 2.42. The fourth-order valence-corrected chi connectivity index (χ4v) is 2.98. The van der Waals surface area contributed by atoms with Gasteiger partial charge in [0.25, 0.3) is 0 Å². The Kier molecular flexibility index (Phi) is 6.80. The molecule has 0 spiro atoms. The van der Waals surface area contributed by atoms with E-state index < -0.39 is 16.0 Å². The van der Waals surface area contributed by atoms with Gasteiger partial charge in [-0.15, -0.1) is 0 Å². The SMILES string of the molecule is CCCCOCCNS(=O)(=O)c1cc(C(=O)O)ccc1C. The van der Waals surface area contributed by atoms with E-state index in [1.54, 1.807) is 6.92 Å². The molecule has 0 saturated carbocycles. The first-order chi connectivity index (χ1) is 9.88. The summed E-state index contributed by atoms with van der Waals surface area (Å²) in [5.74, 6) is -1.16. The number of carbonyl (C=O) groups is 1. The smallest absolute Gasteiger partial charge is 0.335 e. The summed E-state index contributed by atoms with van der Waals surface area (Å²) < 4.78 is 32.0. The molecular weight excluding hydrogens is 294 g/mol. The van der Waals surface area contributed by atoms with Crippen molar-refractivity contribution in [1.82, 2.24) is 4.72 Å². The normalized spacial score (nSPS) is 11.5. The second-order valence-electron chi connectivity index (χ2n) is 4.65. The van der Waals surface area contributed by atoms with Gasteiger partial charge in [0, 0.05) is 13.2 Å². The van der Waals surface area contributed by atoms with Gasteiger partial charge >= 0.3 is 5.97 Å². The quantitative estimate of drug-likeness (QED) is 0.678. The van der Waals surface area contributed by atoms with E-state index >= 15 is 0 Å². The first-order valence-corrected chi connectivity index (χ1v) is 8.28. The molecule has 0 aliphatic heterocycles. The maximum absolute atomic E-state index is 12.2. The van der Waals surface area contributed by atoms with E-state index in [2.05, 4.69) is 4.72 Å². The first kappa shape index (κ1) is 17.6. The number of sulfonamides is 1. The second-order valence-corrected chi connectivity index (χ2v) is 6.38. The van der Waals surface area contributed by atoms with Crippen LogP contribution < -0.4 is 4.72 Å². The van der Waals surface area contributed by atoms with E-state index in [1.807, 2.05) is 6.92 Å². The molecule has 0 unspecified atom stereocenters. The third kappa shape index (κ3) is 5.45. The van der Waals surface area contributed by atoms with Gasteiger partial charge in [-0.2, -0.15) is 0 Å². The Morgan fingerprint density at radius 3 is 2.67 bits per heavy atom. The zero-order valence-electron chi connectivity index (χ0n) is 12.3. The standard InChI is InChI=1S/C14H21NO5S/c1-3-4-8-20-9-7-15-21(18,19)13-10-12(14(16)17)6-5-11(13)2/h5-6,10,15H,3-4,7-9H2,1-2H3,(H,16,17). The van der Waals surface area contributed by atoms with Crippen molar-refractivity contribution >= 4 is 16.0 Å². The lowest BCUT2D eigenvalue weighted by atomic mass is 10.1. The van der Waals surface area contributed by atoms with Crippen LogP contribution >= 0.6 is 0 Å². The highest BCUT2D eigenvalue weighted by molar-refractivity contribution is 7.89. The summed E-state index contributed by atoms with van der Waals surface area (Å²) >= 11 is 0. The van der Waals surface area contributed by atoms with E-state index in [0.29, 0.717) is 12.2 Å². The largest absolute Gasteiger partial charge is 0.478 e. The summed E-state index contributed by atoms with van der Waals surface area (Å²) in [5.41, 5.74) is 0.444. The van der Waals surface area contributed by atoms with Crippen LogP contribution in [-0.2, 0) is 14.8 Å². The Hall–Kier alpha value is -1.44. The number of ether oxygens (including phenoxy) is 1.